The van der Waals surface area contributed by atoms with Gasteiger partial charge in [-0.2, -0.15) is 5.26 Å². The van der Waals surface area contributed by atoms with Gasteiger partial charge >= 0.3 is 5.97 Å². The number of rotatable bonds is 6. The summed E-state index contributed by atoms with van der Waals surface area (Å²) in [5, 5.41) is 9.02. The number of hydrogen-bond donors (Lipinski definition) is 3. The first-order valence-corrected chi connectivity index (χ1v) is 6.17. The van der Waals surface area contributed by atoms with Crippen LogP contribution >= 0.6 is 12.6 Å². The SMILES string of the molecule is CCOC(=O)C(C#N)=C(S)NNCc1ccccc1. The molecular weight excluding hydrogens is 262 g/mol. The normalized spacial score (nSPS) is 11.2. The zero-order chi connectivity index (χ0) is 14.1. The van der Waals surface area contributed by atoms with E-state index in [4.69, 9.17) is 10.00 Å². The maximum absolute atomic E-state index is 11.4. The van der Waals surface area contributed by atoms with E-state index in [9.17, 15) is 4.79 Å². The minimum Gasteiger partial charge on any atom is -0.462 e. The summed E-state index contributed by atoms with van der Waals surface area (Å²) in [5.41, 5.74) is 6.46. The lowest BCUT2D eigenvalue weighted by Gasteiger charge is -2.09. The molecule has 0 radical (unpaired) electrons. The molecule has 0 unspecified atom stereocenters. The maximum atomic E-state index is 11.4. The quantitative estimate of drug-likeness (QED) is 0.242. The van der Waals surface area contributed by atoms with Crippen LogP contribution in [0.2, 0.25) is 0 Å². The fourth-order valence-electron chi connectivity index (χ4n) is 1.29. The minimum absolute atomic E-state index is 0.136. The zero-order valence-electron chi connectivity index (χ0n) is 10.5. The molecule has 0 aliphatic rings. The van der Waals surface area contributed by atoms with Crippen LogP contribution in [-0.2, 0) is 16.1 Å². The van der Waals surface area contributed by atoms with Crippen molar-refractivity contribution in [1.82, 2.24) is 10.9 Å². The van der Waals surface area contributed by atoms with Crippen molar-refractivity contribution in [3.63, 3.8) is 0 Å². The highest BCUT2D eigenvalue weighted by Crippen LogP contribution is 2.06. The van der Waals surface area contributed by atoms with Crippen molar-refractivity contribution >= 4 is 18.6 Å². The molecule has 0 fully saturated rings. The van der Waals surface area contributed by atoms with E-state index in [0.29, 0.717) is 6.54 Å². The van der Waals surface area contributed by atoms with Gasteiger partial charge in [-0.3, -0.25) is 0 Å². The van der Waals surface area contributed by atoms with Gasteiger partial charge in [0.2, 0.25) is 0 Å². The number of thiol groups is 1. The van der Waals surface area contributed by atoms with Crippen LogP contribution in [0.4, 0.5) is 0 Å². The Kier molecular flexibility index (Phi) is 6.50. The number of nitrogens with zero attached hydrogens (tertiary/aromatic N) is 1. The highest BCUT2D eigenvalue weighted by atomic mass is 32.1. The third-order valence-electron chi connectivity index (χ3n) is 2.17. The lowest BCUT2D eigenvalue weighted by atomic mass is 10.2. The second kappa shape index (κ2) is 8.19. The van der Waals surface area contributed by atoms with Crippen LogP contribution in [-0.4, -0.2) is 12.6 Å². The Bertz CT molecular complexity index is 494. The molecule has 0 saturated carbocycles. The molecular formula is C13H15N3O2S. The van der Waals surface area contributed by atoms with Gasteiger partial charge < -0.3 is 10.2 Å². The van der Waals surface area contributed by atoms with Crippen molar-refractivity contribution in [3.05, 3.63) is 46.5 Å². The van der Waals surface area contributed by atoms with Crippen LogP contribution in [0.15, 0.2) is 40.9 Å². The van der Waals surface area contributed by atoms with Crippen LogP contribution in [0.5, 0.6) is 0 Å². The Morgan fingerprint density at radius 2 is 2.11 bits per heavy atom. The highest BCUT2D eigenvalue weighted by Gasteiger charge is 2.14. The maximum Gasteiger partial charge on any atom is 0.351 e. The smallest absolute Gasteiger partial charge is 0.351 e. The summed E-state index contributed by atoms with van der Waals surface area (Å²) >= 11 is 4.07. The van der Waals surface area contributed by atoms with Gasteiger partial charge in [0, 0.05) is 6.54 Å². The van der Waals surface area contributed by atoms with E-state index >= 15 is 0 Å². The van der Waals surface area contributed by atoms with Gasteiger partial charge in [-0.1, -0.05) is 30.3 Å². The summed E-state index contributed by atoms with van der Waals surface area (Å²) < 4.78 is 4.74. The number of carbonyl (C=O) groups excluding carboxylic acids is 1. The number of benzene rings is 1. The van der Waals surface area contributed by atoms with Crippen LogP contribution in [0.25, 0.3) is 0 Å². The van der Waals surface area contributed by atoms with E-state index < -0.39 is 5.97 Å². The van der Waals surface area contributed by atoms with E-state index in [-0.39, 0.29) is 17.2 Å². The Balaban J connectivity index is 2.55. The van der Waals surface area contributed by atoms with E-state index in [0.717, 1.165) is 5.56 Å². The summed E-state index contributed by atoms with van der Waals surface area (Å²) in [7, 11) is 0. The first kappa shape index (κ1) is 15.1. The van der Waals surface area contributed by atoms with E-state index in [1.54, 1.807) is 13.0 Å². The average Bonchev–Trinajstić information content (AvgIpc) is 2.41. The molecule has 0 aliphatic heterocycles. The molecule has 1 aromatic rings. The van der Waals surface area contributed by atoms with E-state index in [1.807, 2.05) is 30.3 Å². The average molecular weight is 277 g/mol. The van der Waals surface area contributed by atoms with Gasteiger partial charge in [0.15, 0.2) is 5.57 Å². The molecule has 0 atom stereocenters. The van der Waals surface area contributed by atoms with Gasteiger partial charge in [-0.05, 0) is 12.5 Å². The lowest BCUT2D eigenvalue weighted by molar-refractivity contribution is -0.138. The summed E-state index contributed by atoms with van der Waals surface area (Å²) in [6, 6.07) is 11.4. The number of hydrazine groups is 1. The van der Waals surface area contributed by atoms with Gasteiger partial charge in [0.25, 0.3) is 0 Å². The summed E-state index contributed by atoms with van der Waals surface area (Å²) in [4.78, 5) is 11.4. The van der Waals surface area contributed by atoms with Crippen molar-refractivity contribution in [2.75, 3.05) is 6.61 Å². The predicted octanol–water partition coefficient (Wildman–Crippen LogP) is 1.51. The van der Waals surface area contributed by atoms with E-state index in [1.165, 1.54) is 0 Å². The number of hydrogen-bond acceptors (Lipinski definition) is 6. The molecule has 0 bridgehead atoms. The number of nitriles is 1. The Morgan fingerprint density at radius 1 is 1.42 bits per heavy atom. The first-order valence-electron chi connectivity index (χ1n) is 5.72. The molecule has 0 heterocycles. The standard InChI is InChI=1S/C13H15N3O2S/c1-2-18-13(17)11(8-14)12(19)16-15-9-10-6-4-3-5-7-10/h3-7,15-16,19H,2,9H2,1H3. The van der Waals surface area contributed by atoms with Crippen molar-refractivity contribution in [1.29, 1.82) is 5.26 Å². The largest absolute Gasteiger partial charge is 0.462 e. The van der Waals surface area contributed by atoms with Crippen molar-refractivity contribution < 1.29 is 9.53 Å². The van der Waals surface area contributed by atoms with Gasteiger partial charge in [-0.25, -0.2) is 10.2 Å². The van der Waals surface area contributed by atoms with Gasteiger partial charge in [0.05, 0.1) is 6.61 Å². The molecule has 0 amide bonds. The number of esters is 1. The Hall–Kier alpha value is -1.97. The molecule has 1 aromatic carbocycles. The summed E-state index contributed by atoms with van der Waals surface area (Å²) in [6.45, 7) is 2.42. The van der Waals surface area contributed by atoms with Gasteiger partial charge in [-0.15, -0.1) is 12.6 Å². The molecule has 6 heteroatoms. The van der Waals surface area contributed by atoms with E-state index in [2.05, 4.69) is 23.5 Å². The lowest BCUT2D eigenvalue weighted by Crippen LogP contribution is -2.30. The van der Waals surface area contributed by atoms with Crippen molar-refractivity contribution in [2.45, 2.75) is 13.5 Å². The number of ether oxygens (including phenoxy) is 1. The molecule has 100 valence electrons. The van der Waals surface area contributed by atoms with Gasteiger partial charge in [0.1, 0.15) is 11.1 Å². The molecule has 0 spiro atoms. The Labute approximate surface area is 117 Å². The highest BCUT2D eigenvalue weighted by molar-refractivity contribution is 7.84. The third kappa shape index (κ3) is 5.04. The molecule has 0 saturated heterocycles. The third-order valence-corrected chi connectivity index (χ3v) is 2.51. The second-order valence-electron chi connectivity index (χ2n) is 3.52. The molecule has 19 heavy (non-hydrogen) atoms. The fourth-order valence-corrected chi connectivity index (χ4v) is 1.51. The van der Waals surface area contributed by atoms with Crippen LogP contribution in [0, 0.1) is 11.3 Å². The topological polar surface area (TPSA) is 74.2 Å². The number of carbonyl (C=O) groups is 1. The predicted molar refractivity (Wildman–Crippen MR) is 74.7 cm³/mol. The summed E-state index contributed by atoms with van der Waals surface area (Å²) in [6.07, 6.45) is 0. The van der Waals surface area contributed by atoms with Crippen molar-refractivity contribution in [3.8, 4) is 6.07 Å². The Morgan fingerprint density at radius 3 is 2.68 bits per heavy atom. The van der Waals surface area contributed by atoms with Crippen LogP contribution in [0.3, 0.4) is 0 Å². The van der Waals surface area contributed by atoms with Crippen LogP contribution < -0.4 is 10.9 Å². The van der Waals surface area contributed by atoms with Crippen LogP contribution in [0.1, 0.15) is 12.5 Å². The monoisotopic (exact) mass is 277 g/mol. The fraction of sp³-hybridized carbons (Fsp3) is 0.231. The molecule has 0 aliphatic carbocycles. The first-order chi connectivity index (χ1) is 9.19. The molecule has 2 N–H and O–H groups in total. The zero-order valence-corrected chi connectivity index (χ0v) is 11.4. The summed E-state index contributed by atoms with van der Waals surface area (Å²) in [5.74, 6) is -0.691. The minimum atomic E-state index is -0.691. The van der Waals surface area contributed by atoms with Crippen molar-refractivity contribution in [2.24, 2.45) is 0 Å². The second-order valence-corrected chi connectivity index (χ2v) is 3.97. The molecule has 0 aromatic heterocycles. The molecule has 1 rings (SSSR count). The molecule has 5 nitrogen and oxygen atoms in total. The number of nitrogens with one attached hydrogen (secondary N) is 2.